The first-order valence-electron chi connectivity index (χ1n) is 5.15. The summed E-state index contributed by atoms with van der Waals surface area (Å²) in [6.07, 6.45) is -0.130. The zero-order valence-electron chi connectivity index (χ0n) is 9.66. The van der Waals surface area contributed by atoms with Gasteiger partial charge in [-0.3, -0.25) is 9.59 Å². The summed E-state index contributed by atoms with van der Waals surface area (Å²) in [5, 5.41) is 11.5. The molecule has 92 valence electrons. The van der Waals surface area contributed by atoms with Crippen molar-refractivity contribution in [2.24, 2.45) is 0 Å². The number of aliphatic carboxylic acids is 1. The lowest BCUT2D eigenvalue weighted by Crippen LogP contribution is -2.28. The van der Waals surface area contributed by atoms with E-state index in [4.69, 9.17) is 5.11 Å². The number of nitrogens with one attached hydrogen (secondary N) is 1. The number of carbonyl (C=O) groups excluding carboxylic acids is 1. The van der Waals surface area contributed by atoms with Crippen LogP contribution in [0.3, 0.4) is 0 Å². The Morgan fingerprint density at radius 2 is 2.12 bits per heavy atom. The van der Waals surface area contributed by atoms with Crippen LogP contribution in [-0.2, 0) is 9.59 Å². The van der Waals surface area contributed by atoms with Crippen LogP contribution in [0.2, 0.25) is 0 Å². The highest BCUT2D eigenvalue weighted by atomic mass is 79.9. The summed E-state index contributed by atoms with van der Waals surface area (Å²) in [6.45, 7) is 3.32. The first kappa shape index (κ1) is 13.7. The van der Waals surface area contributed by atoms with E-state index in [1.165, 1.54) is 6.92 Å². The Labute approximate surface area is 108 Å². The Balaban J connectivity index is 2.98. The van der Waals surface area contributed by atoms with Crippen molar-refractivity contribution in [2.45, 2.75) is 26.3 Å². The van der Waals surface area contributed by atoms with E-state index in [1.807, 2.05) is 25.1 Å². The third kappa shape index (κ3) is 4.19. The summed E-state index contributed by atoms with van der Waals surface area (Å²) < 4.78 is 0.899. The van der Waals surface area contributed by atoms with Crippen LogP contribution in [-0.4, -0.2) is 17.0 Å². The topological polar surface area (TPSA) is 66.4 Å². The maximum atomic E-state index is 11.0. The van der Waals surface area contributed by atoms with Crippen molar-refractivity contribution < 1.29 is 14.7 Å². The van der Waals surface area contributed by atoms with E-state index < -0.39 is 12.0 Å². The standard InChI is InChI=1S/C12H14BrNO3/c1-7-3-4-9(5-10(7)13)11(6-12(16)17)14-8(2)15/h3-5,11H,6H2,1-2H3,(H,14,15)(H,16,17)/t11-/m1/s1. The molecule has 2 N–H and O–H groups in total. The number of halogens is 1. The van der Waals surface area contributed by atoms with E-state index in [1.54, 1.807) is 0 Å². The van der Waals surface area contributed by atoms with E-state index in [2.05, 4.69) is 21.2 Å². The van der Waals surface area contributed by atoms with Gasteiger partial charge >= 0.3 is 5.97 Å². The number of carbonyl (C=O) groups is 2. The monoisotopic (exact) mass is 299 g/mol. The maximum Gasteiger partial charge on any atom is 0.305 e. The van der Waals surface area contributed by atoms with Gasteiger partial charge < -0.3 is 10.4 Å². The molecule has 4 nitrogen and oxygen atoms in total. The third-order valence-corrected chi connectivity index (χ3v) is 3.21. The van der Waals surface area contributed by atoms with Gasteiger partial charge in [0.2, 0.25) is 5.91 Å². The highest BCUT2D eigenvalue weighted by molar-refractivity contribution is 9.10. The maximum absolute atomic E-state index is 11.0. The minimum absolute atomic E-state index is 0.130. The van der Waals surface area contributed by atoms with Gasteiger partial charge in [0.15, 0.2) is 0 Å². The molecule has 0 spiro atoms. The molecule has 0 aliphatic carbocycles. The summed E-state index contributed by atoms with van der Waals surface area (Å²) in [6, 6.07) is 5.04. The Morgan fingerprint density at radius 3 is 2.59 bits per heavy atom. The molecular weight excluding hydrogens is 286 g/mol. The van der Waals surface area contributed by atoms with Crippen molar-refractivity contribution >= 4 is 27.8 Å². The lowest BCUT2D eigenvalue weighted by molar-refractivity contribution is -0.137. The zero-order valence-corrected chi connectivity index (χ0v) is 11.2. The molecule has 1 aromatic rings. The fourth-order valence-electron chi connectivity index (χ4n) is 1.50. The van der Waals surface area contributed by atoms with Gasteiger partial charge in [-0.2, -0.15) is 0 Å². The van der Waals surface area contributed by atoms with E-state index >= 15 is 0 Å². The van der Waals surface area contributed by atoms with Gasteiger partial charge in [-0.1, -0.05) is 28.1 Å². The van der Waals surface area contributed by atoms with Gasteiger partial charge in [0.05, 0.1) is 12.5 Å². The highest BCUT2D eigenvalue weighted by Gasteiger charge is 2.17. The molecule has 0 saturated heterocycles. The third-order valence-electron chi connectivity index (χ3n) is 2.35. The van der Waals surface area contributed by atoms with Crippen LogP contribution in [0, 0.1) is 6.92 Å². The Morgan fingerprint density at radius 1 is 1.47 bits per heavy atom. The summed E-state index contributed by atoms with van der Waals surface area (Å²) in [7, 11) is 0. The van der Waals surface area contributed by atoms with Crippen molar-refractivity contribution in [3.05, 3.63) is 33.8 Å². The number of carboxylic acid groups (broad SMARTS) is 1. The number of benzene rings is 1. The Bertz CT molecular complexity index is 429. The molecule has 0 aliphatic heterocycles. The average Bonchev–Trinajstić information content (AvgIpc) is 2.19. The van der Waals surface area contributed by atoms with E-state index in [0.717, 1.165) is 15.6 Å². The lowest BCUT2D eigenvalue weighted by atomic mass is 10.0. The minimum atomic E-state index is -0.944. The smallest absolute Gasteiger partial charge is 0.305 e. The molecule has 0 heterocycles. The van der Waals surface area contributed by atoms with Crippen molar-refractivity contribution in [3.63, 3.8) is 0 Å². The van der Waals surface area contributed by atoms with Gasteiger partial charge in [-0.15, -0.1) is 0 Å². The predicted molar refractivity (Wildman–Crippen MR) is 67.7 cm³/mol. The van der Waals surface area contributed by atoms with Crippen LogP contribution in [0.15, 0.2) is 22.7 Å². The van der Waals surface area contributed by atoms with Crippen LogP contribution < -0.4 is 5.32 Å². The molecule has 1 atom stereocenters. The lowest BCUT2D eigenvalue weighted by Gasteiger charge is -2.17. The largest absolute Gasteiger partial charge is 0.481 e. The van der Waals surface area contributed by atoms with Gasteiger partial charge in [-0.25, -0.2) is 0 Å². The SMILES string of the molecule is CC(=O)N[C@H](CC(=O)O)c1ccc(C)c(Br)c1. The number of rotatable bonds is 4. The second-order valence-corrected chi connectivity index (χ2v) is 4.71. The van der Waals surface area contributed by atoms with E-state index in [9.17, 15) is 9.59 Å². The number of amides is 1. The molecule has 0 saturated carbocycles. The average molecular weight is 300 g/mol. The normalized spacial score (nSPS) is 11.9. The Kier molecular flexibility index (Phi) is 4.69. The molecule has 17 heavy (non-hydrogen) atoms. The number of hydrogen-bond donors (Lipinski definition) is 2. The molecule has 0 unspecified atom stereocenters. The van der Waals surface area contributed by atoms with Crippen molar-refractivity contribution in [3.8, 4) is 0 Å². The summed E-state index contributed by atoms with van der Waals surface area (Å²) in [5.74, 6) is -1.19. The first-order chi connectivity index (χ1) is 7.90. The molecular formula is C12H14BrNO3. The van der Waals surface area contributed by atoms with Crippen LogP contribution in [0.1, 0.15) is 30.5 Å². The summed E-state index contributed by atoms with van der Waals surface area (Å²) in [5.41, 5.74) is 1.84. The van der Waals surface area contributed by atoms with Crippen molar-refractivity contribution in [1.29, 1.82) is 0 Å². The second-order valence-electron chi connectivity index (χ2n) is 3.86. The molecule has 0 fully saturated rings. The number of carboxylic acids is 1. The van der Waals surface area contributed by atoms with Crippen molar-refractivity contribution in [1.82, 2.24) is 5.32 Å². The minimum Gasteiger partial charge on any atom is -0.481 e. The van der Waals surface area contributed by atoms with Gasteiger partial charge in [-0.05, 0) is 24.1 Å². The quantitative estimate of drug-likeness (QED) is 0.897. The summed E-state index contributed by atoms with van der Waals surface area (Å²) >= 11 is 3.39. The highest BCUT2D eigenvalue weighted by Crippen LogP contribution is 2.23. The molecule has 1 aromatic carbocycles. The predicted octanol–water partition coefficient (Wildman–Crippen LogP) is 2.41. The van der Waals surface area contributed by atoms with Crippen LogP contribution in [0.25, 0.3) is 0 Å². The molecule has 0 aromatic heterocycles. The van der Waals surface area contributed by atoms with Crippen LogP contribution in [0.4, 0.5) is 0 Å². The second kappa shape index (κ2) is 5.82. The summed E-state index contributed by atoms with van der Waals surface area (Å²) in [4.78, 5) is 21.8. The zero-order chi connectivity index (χ0) is 13.0. The molecule has 0 radical (unpaired) electrons. The van der Waals surface area contributed by atoms with Gasteiger partial charge in [0.25, 0.3) is 0 Å². The molecule has 1 rings (SSSR count). The fourth-order valence-corrected chi connectivity index (χ4v) is 1.89. The van der Waals surface area contributed by atoms with Gasteiger partial charge in [0, 0.05) is 11.4 Å². The first-order valence-corrected chi connectivity index (χ1v) is 5.94. The molecule has 0 bridgehead atoms. The number of hydrogen-bond acceptors (Lipinski definition) is 2. The van der Waals surface area contributed by atoms with E-state index in [0.29, 0.717) is 0 Å². The van der Waals surface area contributed by atoms with Crippen LogP contribution in [0.5, 0.6) is 0 Å². The molecule has 0 aliphatic rings. The van der Waals surface area contributed by atoms with Gasteiger partial charge in [0.1, 0.15) is 0 Å². The van der Waals surface area contributed by atoms with E-state index in [-0.39, 0.29) is 12.3 Å². The van der Waals surface area contributed by atoms with Crippen LogP contribution >= 0.6 is 15.9 Å². The molecule has 1 amide bonds. The Hall–Kier alpha value is -1.36. The van der Waals surface area contributed by atoms with Crippen molar-refractivity contribution in [2.75, 3.05) is 0 Å². The fraction of sp³-hybridized carbons (Fsp3) is 0.333. The number of aryl methyl sites for hydroxylation is 1. The molecule has 5 heteroatoms.